The van der Waals surface area contributed by atoms with Gasteiger partial charge in [0, 0.05) is 22.6 Å². The zero-order valence-corrected chi connectivity index (χ0v) is 15.3. The Morgan fingerprint density at radius 1 is 1.23 bits per heavy atom. The van der Waals surface area contributed by atoms with Crippen LogP contribution in [0.4, 0.5) is 10.8 Å². The Morgan fingerprint density at radius 2 is 2.12 bits per heavy atom. The number of para-hydroxylation sites is 1. The van der Waals surface area contributed by atoms with Crippen molar-refractivity contribution in [2.75, 3.05) is 22.5 Å². The van der Waals surface area contributed by atoms with Gasteiger partial charge in [-0.3, -0.25) is 14.9 Å². The molecule has 0 atom stereocenters. The average molecular weight is 385 g/mol. The first kappa shape index (κ1) is 16.9. The molecule has 6 nitrogen and oxygen atoms in total. The third-order valence-electron chi connectivity index (χ3n) is 3.88. The van der Waals surface area contributed by atoms with Crippen molar-refractivity contribution in [3.63, 3.8) is 0 Å². The number of furan rings is 1. The number of thioether (sulfide) groups is 1. The highest BCUT2D eigenvalue weighted by atomic mass is 32.2. The van der Waals surface area contributed by atoms with Crippen LogP contribution in [0, 0.1) is 0 Å². The normalized spacial score (nSPS) is 13.3. The third kappa shape index (κ3) is 3.51. The van der Waals surface area contributed by atoms with Crippen LogP contribution in [0.15, 0.2) is 57.4 Å². The number of carbonyl (C=O) groups excluding carboxylic acids is 2. The van der Waals surface area contributed by atoms with Crippen LogP contribution < -0.4 is 10.2 Å². The van der Waals surface area contributed by atoms with Gasteiger partial charge in [-0.1, -0.05) is 12.1 Å². The lowest BCUT2D eigenvalue weighted by Gasteiger charge is -2.28. The van der Waals surface area contributed by atoms with Crippen molar-refractivity contribution in [1.82, 2.24) is 4.98 Å². The van der Waals surface area contributed by atoms with E-state index in [1.54, 1.807) is 29.3 Å². The van der Waals surface area contributed by atoms with Crippen LogP contribution in [0.5, 0.6) is 0 Å². The number of aromatic nitrogens is 1. The van der Waals surface area contributed by atoms with Crippen molar-refractivity contribution in [1.29, 1.82) is 0 Å². The van der Waals surface area contributed by atoms with E-state index >= 15 is 0 Å². The molecule has 0 radical (unpaired) electrons. The molecule has 0 saturated carbocycles. The summed E-state index contributed by atoms with van der Waals surface area (Å²) in [6, 6.07) is 11.2. The van der Waals surface area contributed by atoms with E-state index in [1.165, 1.54) is 17.6 Å². The van der Waals surface area contributed by atoms with Gasteiger partial charge in [0.05, 0.1) is 24.1 Å². The molecule has 0 unspecified atom stereocenters. The van der Waals surface area contributed by atoms with E-state index in [2.05, 4.69) is 10.3 Å². The Labute approximate surface area is 158 Å². The van der Waals surface area contributed by atoms with Gasteiger partial charge in [0.2, 0.25) is 5.91 Å². The van der Waals surface area contributed by atoms with Crippen LogP contribution in [-0.2, 0) is 11.2 Å². The van der Waals surface area contributed by atoms with Gasteiger partial charge in [0.1, 0.15) is 0 Å². The third-order valence-corrected chi connectivity index (χ3v) is 5.73. The standard InChI is InChI=1S/C18H15N3O3S2/c22-16(21-7-9-25-15-6-2-1-4-13(15)21)10-12-11-26-18(19-12)20-17(23)14-5-3-8-24-14/h1-6,8,11H,7,9-10H2,(H,19,20,23). The predicted octanol–water partition coefficient (Wildman–Crippen LogP) is 3.67. The first-order chi connectivity index (χ1) is 12.7. The molecule has 132 valence electrons. The van der Waals surface area contributed by atoms with E-state index in [1.807, 2.05) is 29.2 Å². The first-order valence-electron chi connectivity index (χ1n) is 8.02. The fourth-order valence-corrected chi connectivity index (χ4v) is 4.39. The number of amides is 2. The zero-order chi connectivity index (χ0) is 17.9. The van der Waals surface area contributed by atoms with Crippen LogP contribution in [-0.4, -0.2) is 29.1 Å². The molecule has 1 aromatic carbocycles. The molecule has 0 aliphatic carbocycles. The van der Waals surface area contributed by atoms with E-state index in [0.29, 0.717) is 17.4 Å². The summed E-state index contributed by atoms with van der Waals surface area (Å²) in [6.07, 6.45) is 1.64. The van der Waals surface area contributed by atoms with Gasteiger partial charge in [-0.2, -0.15) is 0 Å². The molecule has 3 aromatic rings. The highest BCUT2D eigenvalue weighted by Gasteiger charge is 2.23. The van der Waals surface area contributed by atoms with E-state index in [4.69, 9.17) is 4.42 Å². The van der Waals surface area contributed by atoms with Crippen molar-refractivity contribution in [2.45, 2.75) is 11.3 Å². The van der Waals surface area contributed by atoms with Crippen molar-refractivity contribution >= 4 is 45.7 Å². The first-order valence-corrected chi connectivity index (χ1v) is 9.89. The molecule has 8 heteroatoms. The smallest absolute Gasteiger partial charge is 0.293 e. The maximum Gasteiger partial charge on any atom is 0.293 e. The van der Waals surface area contributed by atoms with Crippen LogP contribution in [0.1, 0.15) is 16.2 Å². The second kappa shape index (κ2) is 7.35. The molecule has 2 amide bonds. The summed E-state index contributed by atoms with van der Waals surface area (Å²) in [7, 11) is 0. The molecule has 0 spiro atoms. The average Bonchev–Trinajstić information content (AvgIpc) is 3.33. The quantitative estimate of drug-likeness (QED) is 0.742. The maximum absolute atomic E-state index is 12.7. The molecule has 3 heterocycles. The molecule has 2 aromatic heterocycles. The number of fused-ring (bicyclic) bond motifs is 1. The van der Waals surface area contributed by atoms with E-state index in [0.717, 1.165) is 16.3 Å². The molecular formula is C18H15N3O3S2. The van der Waals surface area contributed by atoms with Crippen molar-refractivity contribution in [3.05, 3.63) is 59.5 Å². The molecule has 1 aliphatic rings. The monoisotopic (exact) mass is 385 g/mol. The lowest BCUT2D eigenvalue weighted by atomic mass is 10.2. The Morgan fingerprint density at radius 3 is 2.96 bits per heavy atom. The second-order valence-electron chi connectivity index (χ2n) is 5.61. The molecule has 0 saturated heterocycles. The number of hydrogen-bond donors (Lipinski definition) is 1. The summed E-state index contributed by atoms with van der Waals surface area (Å²) in [5.74, 6) is 0.751. The number of hydrogen-bond acceptors (Lipinski definition) is 6. The highest BCUT2D eigenvalue weighted by molar-refractivity contribution is 7.99. The predicted molar refractivity (Wildman–Crippen MR) is 102 cm³/mol. The van der Waals surface area contributed by atoms with Gasteiger partial charge in [0.15, 0.2) is 10.9 Å². The molecule has 1 N–H and O–H groups in total. The fraction of sp³-hybridized carbons (Fsp3) is 0.167. The SMILES string of the molecule is O=C(Nc1nc(CC(=O)N2CCSc3ccccc32)cs1)c1ccco1. The van der Waals surface area contributed by atoms with Gasteiger partial charge < -0.3 is 9.32 Å². The summed E-state index contributed by atoms with van der Waals surface area (Å²) in [6.45, 7) is 0.687. The molecule has 1 aliphatic heterocycles. The lowest BCUT2D eigenvalue weighted by Crippen LogP contribution is -2.36. The summed E-state index contributed by atoms with van der Waals surface area (Å²) >= 11 is 3.05. The Bertz CT molecular complexity index is 937. The fourth-order valence-electron chi connectivity index (χ4n) is 2.69. The molecule has 26 heavy (non-hydrogen) atoms. The molecule has 4 rings (SSSR count). The van der Waals surface area contributed by atoms with Crippen LogP contribution in [0.2, 0.25) is 0 Å². The number of benzene rings is 1. The molecule has 0 bridgehead atoms. The van der Waals surface area contributed by atoms with Gasteiger partial charge in [-0.15, -0.1) is 23.1 Å². The maximum atomic E-state index is 12.7. The van der Waals surface area contributed by atoms with E-state index in [9.17, 15) is 9.59 Å². The van der Waals surface area contributed by atoms with Crippen molar-refractivity contribution in [3.8, 4) is 0 Å². The van der Waals surface area contributed by atoms with Gasteiger partial charge >= 0.3 is 0 Å². The zero-order valence-electron chi connectivity index (χ0n) is 13.7. The number of carbonyl (C=O) groups is 2. The summed E-state index contributed by atoms with van der Waals surface area (Å²) in [4.78, 5) is 32.0. The van der Waals surface area contributed by atoms with Gasteiger partial charge in [-0.05, 0) is 24.3 Å². The highest BCUT2D eigenvalue weighted by Crippen LogP contribution is 2.34. The minimum Gasteiger partial charge on any atom is -0.459 e. The number of nitrogens with zero attached hydrogens (tertiary/aromatic N) is 2. The van der Waals surface area contributed by atoms with Gasteiger partial charge in [-0.25, -0.2) is 4.98 Å². The number of anilines is 2. The minimum atomic E-state index is -0.357. The number of nitrogens with one attached hydrogen (secondary N) is 1. The number of thiazole rings is 1. The second-order valence-corrected chi connectivity index (χ2v) is 7.61. The molecule has 0 fully saturated rings. The van der Waals surface area contributed by atoms with Crippen LogP contribution in [0.25, 0.3) is 0 Å². The Hall–Kier alpha value is -2.58. The minimum absolute atomic E-state index is 0.00645. The lowest BCUT2D eigenvalue weighted by molar-refractivity contribution is -0.118. The van der Waals surface area contributed by atoms with E-state index < -0.39 is 0 Å². The number of rotatable bonds is 4. The summed E-state index contributed by atoms with van der Waals surface area (Å²) < 4.78 is 5.05. The van der Waals surface area contributed by atoms with Crippen LogP contribution >= 0.6 is 23.1 Å². The Kier molecular flexibility index (Phi) is 4.77. The summed E-state index contributed by atoms with van der Waals surface area (Å²) in [5.41, 5.74) is 1.60. The van der Waals surface area contributed by atoms with E-state index in [-0.39, 0.29) is 24.0 Å². The summed E-state index contributed by atoms with van der Waals surface area (Å²) in [5, 5.41) is 4.92. The van der Waals surface area contributed by atoms with Crippen molar-refractivity contribution in [2.24, 2.45) is 0 Å². The topological polar surface area (TPSA) is 75.4 Å². The molecular weight excluding hydrogens is 370 g/mol. The van der Waals surface area contributed by atoms with Crippen LogP contribution in [0.3, 0.4) is 0 Å². The van der Waals surface area contributed by atoms with Gasteiger partial charge in [0.25, 0.3) is 5.91 Å². The van der Waals surface area contributed by atoms with Crippen molar-refractivity contribution < 1.29 is 14.0 Å². The largest absolute Gasteiger partial charge is 0.459 e. The Balaban J connectivity index is 1.43.